The van der Waals surface area contributed by atoms with Crippen molar-refractivity contribution in [1.82, 2.24) is 10.2 Å². The number of aliphatic hydroxyl groups excluding tert-OH is 1. The fourth-order valence-corrected chi connectivity index (χ4v) is 3.65. The standard InChI is InChI=1S/C17H24N2O2/c20-15-17(11-5-2-6-12-17)18-16(21)19(15)13-7-10-14-8-3-1-4-9-14/h1,3-4,8-9,15,20H,2,5-7,10-13H2,(H,18,21). The number of aryl methyl sites for hydroxylation is 1. The first-order chi connectivity index (χ1) is 10.2. The Labute approximate surface area is 126 Å². The minimum absolute atomic E-state index is 0.0996. The van der Waals surface area contributed by atoms with Gasteiger partial charge in [0, 0.05) is 6.54 Å². The molecular formula is C17H24N2O2. The number of rotatable bonds is 4. The quantitative estimate of drug-likeness (QED) is 0.895. The summed E-state index contributed by atoms with van der Waals surface area (Å²) in [6.45, 7) is 0.615. The lowest BCUT2D eigenvalue weighted by Crippen LogP contribution is -2.51. The Morgan fingerprint density at radius 1 is 1.19 bits per heavy atom. The van der Waals surface area contributed by atoms with E-state index in [1.807, 2.05) is 18.2 Å². The molecule has 4 heteroatoms. The first-order valence-electron chi connectivity index (χ1n) is 8.02. The third-order valence-corrected chi connectivity index (χ3v) is 4.86. The Balaban J connectivity index is 1.57. The van der Waals surface area contributed by atoms with E-state index in [4.69, 9.17) is 0 Å². The van der Waals surface area contributed by atoms with E-state index in [0.717, 1.165) is 38.5 Å². The predicted molar refractivity (Wildman–Crippen MR) is 81.8 cm³/mol. The Kier molecular flexibility index (Phi) is 4.15. The van der Waals surface area contributed by atoms with E-state index in [0.29, 0.717) is 6.54 Å². The summed E-state index contributed by atoms with van der Waals surface area (Å²) >= 11 is 0. The zero-order chi connectivity index (χ0) is 14.7. The van der Waals surface area contributed by atoms with Crippen LogP contribution in [0.3, 0.4) is 0 Å². The number of hydrogen-bond acceptors (Lipinski definition) is 2. The molecule has 4 nitrogen and oxygen atoms in total. The van der Waals surface area contributed by atoms with E-state index >= 15 is 0 Å². The van der Waals surface area contributed by atoms with Gasteiger partial charge in [-0.05, 0) is 31.2 Å². The van der Waals surface area contributed by atoms with Gasteiger partial charge in [0.15, 0.2) is 6.23 Å². The fourth-order valence-electron chi connectivity index (χ4n) is 3.65. The van der Waals surface area contributed by atoms with Crippen molar-refractivity contribution in [3.8, 4) is 0 Å². The molecule has 1 spiro atoms. The largest absolute Gasteiger partial charge is 0.371 e. The summed E-state index contributed by atoms with van der Waals surface area (Å²) in [4.78, 5) is 13.8. The Morgan fingerprint density at radius 3 is 2.62 bits per heavy atom. The first-order valence-corrected chi connectivity index (χ1v) is 8.02. The van der Waals surface area contributed by atoms with Gasteiger partial charge in [-0.3, -0.25) is 4.90 Å². The third kappa shape index (κ3) is 2.91. The summed E-state index contributed by atoms with van der Waals surface area (Å²) in [5, 5.41) is 13.6. The summed E-state index contributed by atoms with van der Waals surface area (Å²) in [7, 11) is 0. The van der Waals surface area contributed by atoms with Crippen molar-refractivity contribution >= 4 is 6.03 Å². The molecule has 1 unspecified atom stereocenters. The molecule has 2 fully saturated rings. The maximum atomic E-state index is 12.2. The molecule has 1 aliphatic heterocycles. The van der Waals surface area contributed by atoms with Gasteiger partial charge in [-0.1, -0.05) is 49.6 Å². The van der Waals surface area contributed by atoms with Crippen molar-refractivity contribution in [1.29, 1.82) is 0 Å². The molecule has 1 atom stereocenters. The van der Waals surface area contributed by atoms with Crippen molar-refractivity contribution in [2.75, 3.05) is 6.54 Å². The SMILES string of the molecule is O=C1NC2(CCCCC2)C(O)N1CCCc1ccccc1. The van der Waals surface area contributed by atoms with Crippen LogP contribution in [0.5, 0.6) is 0 Å². The summed E-state index contributed by atoms with van der Waals surface area (Å²) in [6.07, 6.45) is 6.34. The monoisotopic (exact) mass is 288 g/mol. The highest BCUT2D eigenvalue weighted by Gasteiger charge is 2.50. The van der Waals surface area contributed by atoms with Gasteiger partial charge in [0.2, 0.25) is 0 Å². The molecule has 1 aromatic carbocycles. The molecule has 2 amide bonds. The lowest BCUT2D eigenvalue weighted by atomic mass is 9.81. The Bertz CT molecular complexity index is 483. The smallest absolute Gasteiger partial charge is 0.320 e. The molecule has 1 saturated heterocycles. The topological polar surface area (TPSA) is 52.6 Å². The molecule has 1 aliphatic carbocycles. The second kappa shape index (κ2) is 6.06. The number of aliphatic hydroxyl groups is 1. The summed E-state index contributed by atoms with van der Waals surface area (Å²) in [5.74, 6) is 0. The number of benzene rings is 1. The van der Waals surface area contributed by atoms with Crippen LogP contribution in [0.25, 0.3) is 0 Å². The van der Waals surface area contributed by atoms with Gasteiger partial charge < -0.3 is 10.4 Å². The van der Waals surface area contributed by atoms with Gasteiger partial charge >= 0.3 is 6.03 Å². The van der Waals surface area contributed by atoms with E-state index in [-0.39, 0.29) is 11.6 Å². The summed E-state index contributed by atoms with van der Waals surface area (Å²) < 4.78 is 0. The molecule has 1 saturated carbocycles. The van der Waals surface area contributed by atoms with Gasteiger partial charge in [-0.25, -0.2) is 4.79 Å². The van der Waals surface area contributed by atoms with E-state index in [1.54, 1.807) is 4.90 Å². The predicted octanol–water partition coefficient (Wildman–Crippen LogP) is 2.67. The van der Waals surface area contributed by atoms with Crippen molar-refractivity contribution in [2.45, 2.75) is 56.7 Å². The number of nitrogens with one attached hydrogen (secondary N) is 1. The molecule has 1 aromatic rings. The van der Waals surface area contributed by atoms with E-state index in [9.17, 15) is 9.90 Å². The van der Waals surface area contributed by atoms with E-state index in [2.05, 4.69) is 17.4 Å². The molecule has 0 radical (unpaired) electrons. The van der Waals surface area contributed by atoms with E-state index in [1.165, 1.54) is 12.0 Å². The van der Waals surface area contributed by atoms with Crippen LogP contribution < -0.4 is 5.32 Å². The zero-order valence-corrected chi connectivity index (χ0v) is 12.4. The van der Waals surface area contributed by atoms with Crippen LogP contribution in [-0.2, 0) is 6.42 Å². The molecule has 0 bridgehead atoms. The number of urea groups is 1. The highest BCUT2D eigenvalue weighted by molar-refractivity contribution is 5.78. The normalized spacial score (nSPS) is 24.3. The van der Waals surface area contributed by atoms with Crippen molar-refractivity contribution in [3.05, 3.63) is 35.9 Å². The second-order valence-corrected chi connectivity index (χ2v) is 6.30. The lowest BCUT2D eigenvalue weighted by Gasteiger charge is -2.36. The number of hydrogen-bond donors (Lipinski definition) is 2. The molecular weight excluding hydrogens is 264 g/mol. The minimum Gasteiger partial charge on any atom is -0.371 e. The van der Waals surface area contributed by atoms with Gasteiger partial charge in [0.05, 0.1) is 5.54 Å². The maximum Gasteiger partial charge on any atom is 0.320 e. The Morgan fingerprint density at radius 2 is 1.90 bits per heavy atom. The minimum atomic E-state index is -0.666. The molecule has 3 rings (SSSR count). The second-order valence-electron chi connectivity index (χ2n) is 6.30. The summed E-state index contributed by atoms with van der Waals surface area (Å²) in [6, 6.07) is 10.2. The molecule has 0 aromatic heterocycles. The van der Waals surface area contributed by atoms with Crippen LogP contribution in [-0.4, -0.2) is 34.3 Å². The van der Waals surface area contributed by atoms with Crippen LogP contribution in [0.4, 0.5) is 4.79 Å². The molecule has 21 heavy (non-hydrogen) atoms. The van der Waals surface area contributed by atoms with Crippen LogP contribution in [0, 0.1) is 0 Å². The molecule has 114 valence electrons. The van der Waals surface area contributed by atoms with Crippen molar-refractivity contribution < 1.29 is 9.90 Å². The van der Waals surface area contributed by atoms with Gasteiger partial charge in [0.25, 0.3) is 0 Å². The average molecular weight is 288 g/mol. The van der Waals surface area contributed by atoms with Crippen molar-refractivity contribution in [3.63, 3.8) is 0 Å². The van der Waals surface area contributed by atoms with Crippen LogP contribution in [0.2, 0.25) is 0 Å². The number of amides is 2. The van der Waals surface area contributed by atoms with Gasteiger partial charge in [0.1, 0.15) is 0 Å². The fraction of sp³-hybridized carbons (Fsp3) is 0.588. The molecule has 1 heterocycles. The highest BCUT2D eigenvalue weighted by Crippen LogP contribution is 2.36. The van der Waals surface area contributed by atoms with E-state index < -0.39 is 6.23 Å². The van der Waals surface area contributed by atoms with Crippen LogP contribution in [0.1, 0.15) is 44.1 Å². The lowest BCUT2D eigenvalue weighted by molar-refractivity contribution is -0.0130. The van der Waals surface area contributed by atoms with Gasteiger partial charge in [-0.2, -0.15) is 0 Å². The summed E-state index contributed by atoms with van der Waals surface area (Å²) in [5.41, 5.74) is 0.890. The average Bonchev–Trinajstić information content (AvgIpc) is 2.73. The molecule has 2 aliphatic rings. The van der Waals surface area contributed by atoms with Crippen molar-refractivity contribution in [2.24, 2.45) is 0 Å². The highest BCUT2D eigenvalue weighted by atomic mass is 16.3. The van der Waals surface area contributed by atoms with Crippen LogP contribution >= 0.6 is 0 Å². The zero-order valence-electron chi connectivity index (χ0n) is 12.4. The number of nitrogens with zero attached hydrogens (tertiary/aromatic N) is 1. The van der Waals surface area contributed by atoms with Gasteiger partial charge in [-0.15, -0.1) is 0 Å². The maximum absolute atomic E-state index is 12.2. The number of carbonyl (C=O) groups is 1. The third-order valence-electron chi connectivity index (χ3n) is 4.86. The molecule has 2 N–H and O–H groups in total. The first kappa shape index (κ1) is 14.4. The number of carbonyl (C=O) groups excluding carboxylic acids is 1. The van der Waals surface area contributed by atoms with Crippen LogP contribution in [0.15, 0.2) is 30.3 Å². The Hall–Kier alpha value is -1.55.